The van der Waals surface area contributed by atoms with Gasteiger partial charge in [0.15, 0.2) is 0 Å². The Labute approximate surface area is 128 Å². The Balaban J connectivity index is 2.11. The fourth-order valence-corrected chi connectivity index (χ4v) is 2.27. The van der Waals surface area contributed by atoms with Crippen LogP contribution in [0, 0.1) is 0 Å². The second-order valence-electron chi connectivity index (χ2n) is 6.83. The van der Waals surface area contributed by atoms with Crippen LogP contribution in [0.4, 0.5) is 11.4 Å². The third-order valence-corrected chi connectivity index (χ3v) is 3.08. The predicted molar refractivity (Wildman–Crippen MR) is 94.0 cm³/mol. The van der Waals surface area contributed by atoms with Gasteiger partial charge in [0.2, 0.25) is 0 Å². The van der Waals surface area contributed by atoms with Crippen molar-refractivity contribution in [2.75, 3.05) is 10.6 Å². The van der Waals surface area contributed by atoms with Gasteiger partial charge in [0.05, 0.1) is 0 Å². The van der Waals surface area contributed by atoms with Gasteiger partial charge in [-0.05, 0) is 70.0 Å². The zero-order valence-corrected chi connectivity index (χ0v) is 13.7. The summed E-state index contributed by atoms with van der Waals surface area (Å²) >= 11 is 0. The van der Waals surface area contributed by atoms with Crippen LogP contribution in [0.1, 0.15) is 34.6 Å². The van der Waals surface area contributed by atoms with E-state index in [2.05, 4.69) is 93.8 Å². The molecule has 2 heteroatoms. The van der Waals surface area contributed by atoms with E-state index in [0.29, 0.717) is 6.04 Å². The molecule has 0 radical (unpaired) electrons. The molecule has 0 bridgehead atoms. The Kier molecular flexibility index (Phi) is 4.56. The lowest BCUT2D eigenvalue weighted by Gasteiger charge is -2.22. The van der Waals surface area contributed by atoms with Crippen LogP contribution in [0.2, 0.25) is 0 Å². The highest BCUT2D eigenvalue weighted by atomic mass is 14.9. The predicted octanol–water partition coefficient (Wildman–Crippen LogP) is 5.38. The van der Waals surface area contributed by atoms with Crippen molar-refractivity contribution in [2.45, 2.75) is 46.2 Å². The summed E-state index contributed by atoms with van der Waals surface area (Å²) in [5.41, 5.74) is 4.90. The molecule has 21 heavy (non-hydrogen) atoms. The normalized spacial score (nSPS) is 11.5. The molecular formula is C19H26N2. The van der Waals surface area contributed by atoms with Crippen LogP contribution in [0.5, 0.6) is 0 Å². The molecule has 0 amide bonds. The van der Waals surface area contributed by atoms with Crippen LogP contribution < -0.4 is 10.6 Å². The molecule has 0 aliphatic carbocycles. The highest BCUT2D eigenvalue weighted by molar-refractivity contribution is 5.68. The first kappa shape index (κ1) is 15.4. The number of nitrogens with one attached hydrogen (secondary N) is 2. The maximum absolute atomic E-state index is 3.48. The minimum Gasteiger partial charge on any atom is -0.383 e. The van der Waals surface area contributed by atoms with Crippen LogP contribution >= 0.6 is 0 Å². The summed E-state index contributed by atoms with van der Waals surface area (Å²) in [6.07, 6.45) is 0. The average Bonchev–Trinajstić information content (AvgIpc) is 2.38. The number of hydrogen-bond acceptors (Lipinski definition) is 2. The average molecular weight is 282 g/mol. The van der Waals surface area contributed by atoms with E-state index in [1.54, 1.807) is 0 Å². The van der Waals surface area contributed by atoms with E-state index in [0.717, 1.165) is 5.69 Å². The molecule has 2 N–H and O–H groups in total. The second kappa shape index (κ2) is 6.21. The van der Waals surface area contributed by atoms with Crippen molar-refractivity contribution in [3.05, 3.63) is 48.5 Å². The van der Waals surface area contributed by atoms with Gasteiger partial charge in [-0.25, -0.2) is 0 Å². The molecule has 2 aromatic rings. The van der Waals surface area contributed by atoms with Crippen molar-refractivity contribution in [2.24, 2.45) is 0 Å². The lowest BCUT2D eigenvalue weighted by atomic mass is 10.0. The van der Waals surface area contributed by atoms with Crippen LogP contribution in [-0.2, 0) is 0 Å². The number of hydrogen-bond donors (Lipinski definition) is 2. The first-order valence-corrected chi connectivity index (χ1v) is 7.59. The minimum absolute atomic E-state index is 0.0890. The zero-order chi connectivity index (χ0) is 15.5. The van der Waals surface area contributed by atoms with Crippen molar-refractivity contribution in [3.8, 4) is 11.1 Å². The smallest absolute Gasteiger partial charge is 0.0344 e. The maximum atomic E-state index is 3.48. The fourth-order valence-electron chi connectivity index (χ4n) is 2.27. The molecule has 0 spiro atoms. The first-order chi connectivity index (χ1) is 9.83. The quantitative estimate of drug-likeness (QED) is 0.786. The van der Waals surface area contributed by atoms with E-state index in [1.807, 2.05) is 0 Å². The molecular weight excluding hydrogens is 256 g/mol. The maximum Gasteiger partial charge on any atom is 0.0344 e. The largest absolute Gasteiger partial charge is 0.383 e. The number of benzene rings is 2. The van der Waals surface area contributed by atoms with Crippen molar-refractivity contribution in [3.63, 3.8) is 0 Å². The van der Waals surface area contributed by atoms with Gasteiger partial charge in [-0.1, -0.05) is 24.3 Å². The molecule has 0 unspecified atom stereocenters. The van der Waals surface area contributed by atoms with Crippen molar-refractivity contribution in [1.29, 1.82) is 0 Å². The fraction of sp³-hybridized carbons (Fsp3) is 0.368. The highest BCUT2D eigenvalue weighted by Crippen LogP contribution is 2.24. The van der Waals surface area contributed by atoms with E-state index in [-0.39, 0.29) is 5.54 Å². The van der Waals surface area contributed by atoms with Crippen molar-refractivity contribution in [1.82, 2.24) is 0 Å². The van der Waals surface area contributed by atoms with Gasteiger partial charge >= 0.3 is 0 Å². The van der Waals surface area contributed by atoms with E-state index in [4.69, 9.17) is 0 Å². The van der Waals surface area contributed by atoms with E-state index < -0.39 is 0 Å². The van der Waals surface area contributed by atoms with E-state index >= 15 is 0 Å². The minimum atomic E-state index is 0.0890. The van der Waals surface area contributed by atoms with Gasteiger partial charge in [-0.2, -0.15) is 0 Å². The van der Waals surface area contributed by atoms with Gasteiger partial charge in [0, 0.05) is 23.0 Å². The number of rotatable bonds is 4. The van der Waals surface area contributed by atoms with Gasteiger partial charge in [0.1, 0.15) is 0 Å². The monoisotopic (exact) mass is 282 g/mol. The topological polar surface area (TPSA) is 24.1 Å². The second-order valence-corrected chi connectivity index (χ2v) is 6.83. The Morgan fingerprint density at radius 1 is 0.714 bits per heavy atom. The van der Waals surface area contributed by atoms with Gasteiger partial charge in [-0.15, -0.1) is 0 Å². The molecule has 0 aliphatic heterocycles. The lowest BCUT2D eigenvalue weighted by Crippen LogP contribution is -2.25. The third-order valence-electron chi connectivity index (χ3n) is 3.08. The summed E-state index contributed by atoms with van der Waals surface area (Å²) in [4.78, 5) is 0. The summed E-state index contributed by atoms with van der Waals surface area (Å²) in [5.74, 6) is 0. The number of anilines is 2. The Morgan fingerprint density at radius 2 is 1.14 bits per heavy atom. The van der Waals surface area contributed by atoms with Crippen LogP contribution in [0.3, 0.4) is 0 Å². The summed E-state index contributed by atoms with van der Waals surface area (Å²) < 4.78 is 0. The summed E-state index contributed by atoms with van der Waals surface area (Å²) in [7, 11) is 0. The van der Waals surface area contributed by atoms with Gasteiger partial charge in [0.25, 0.3) is 0 Å². The van der Waals surface area contributed by atoms with Gasteiger partial charge in [-0.3, -0.25) is 0 Å². The Bertz CT molecular complexity index is 560. The molecule has 2 aromatic carbocycles. The van der Waals surface area contributed by atoms with E-state index in [9.17, 15) is 0 Å². The molecule has 0 aromatic heterocycles. The van der Waals surface area contributed by atoms with E-state index in [1.165, 1.54) is 16.8 Å². The Hall–Kier alpha value is -1.96. The standard InChI is InChI=1S/C19H26N2/c1-14(2)20-17-10-6-15(7-11-17)16-8-12-18(13-9-16)21-19(3,4)5/h6-14,20-21H,1-5H3. The molecule has 0 aliphatic rings. The van der Waals surface area contributed by atoms with Crippen LogP contribution in [0.15, 0.2) is 48.5 Å². The SMILES string of the molecule is CC(C)Nc1ccc(-c2ccc(NC(C)(C)C)cc2)cc1. The molecule has 0 fully saturated rings. The Morgan fingerprint density at radius 3 is 1.52 bits per heavy atom. The zero-order valence-electron chi connectivity index (χ0n) is 13.7. The van der Waals surface area contributed by atoms with Gasteiger partial charge < -0.3 is 10.6 Å². The van der Waals surface area contributed by atoms with Crippen molar-refractivity contribution < 1.29 is 0 Å². The van der Waals surface area contributed by atoms with Crippen LogP contribution in [0.25, 0.3) is 11.1 Å². The summed E-state index contributed by atoms with van der Waals surface area (Å²) in [5, 5.41) is 6.89. The third kappa shape index (κ3) is 4.82. The molecule has 2 rings (SSSR count). The summed E-state index contributed by atoms with van der Waals surface area (Å²) in [6, 6.07) is 17.7. The molecule has 0 heterocycles. The molecule has 0 saturated heterocycles. The lowest BCUT2D eigenvalue weighted by molar-refractivity contribution is 0.634. The highest BCUT2D eigenvalue weighted by Gasteiger charge is 2.08. The van der Waals surface area contributed by atoms with Crippen molar-refractivity contribution >= 4 is 11.4 Å². The molecule has 2 nitrogen and oxygen atoms in total. The van der Waals surface area contributed by atoms with Crippen LogP contribution in [-0.4, -0.2) is 11.6 Å². The molecule has 0 atom stereocenters. The molecule has 0 saturated carbocycles. The summed E-state index contributed by atoms with van der Waals surface area (Å²) in [6.45, 7) is 10.8. The first-order valence-electron chi connectivity index (χ1n) is 7.59. The molecule has 112 valence electrons.